The number of ether oxygens (including phenoxy) is 1. The Labute approximate surface area is 128 Å². The zero-order valence-corrected chi connectivity index (χ0v) is 12.3. The summed E-state index contributed by atoms with van der Waals surface area (Å²) in [5.41, 5.74) is 1.72. The van der Waals surface area contributed by atoms with Crippen LogP contribution < -0.4 is 10.1 Å². The van der Waals surface area contributed by atoms with E-state index in [0.29, 0.717) is 16.8 Å². The van der Waals surface area contributed by atoms with E-state index in [1.54, 1.807) is 30.3 Å². The number of nitrogens with zero attached hydrogens (tertiary/aromatic N) is 1. The normalized spacial score (nSPS) is 16.1. The number of fused-ring (bicyclic) bond motifs is 1. The molecule has 1 unspecified atom stereocenters. The summed E-state index contributed by atoms with van der Waals surface area (Å²) in [4.78, 5) is 10.3. The predicted molar refractivity (Wildman–Crippen MR) is 80.8 cm³/mol. The number of nitro benzene ring substituents is 1. The monoisotopic (exact) mass is 350 g/mol. The summed E-state index contributed by atoms with van der Waals surface area (Å²) in [6, 6.07) is 9.68. The standard InChI is InChI=1S/C14H11BrN2O4/c15-11-5-8(1-4-13(11)17(19)20)16-12-7-21-14-6-9(18)2-3-10(12)14/h1-6,12,16,18H,7H2. The topological polar surface area (TPSA) is 84.6 Å². The van der Waals surface area contributed by atoms with Crippen molar-refractivity contribution in [3.05, 3.63) is 56.5 Å². The number of hydrogen-bond acceptors (Lipinski definition) is 5. The smallest absolute Gasteiger partial charge is 0.283 e. The van der Waals surface area contributed by atoms with Gasteiger partial charge in [0, 0.05) is 23.4 Å². The van der Waals surface area contributed by atoms with Gasteiger partial charge in [0.25, 0.3) is 5.69 Å². The fourth-order valence-electron chi connectivity index (χ4n) is 2.26. The van der Waals surface area contributed by atoms with Crippen molar-refractivity contribution in [2.75, 3.05) is 11.9 Å². The number of anilines is 1. The first-order valence-corrected chi connectivity index (χ1v) is 7.00. The molecule has 3 rings (SSSR count). The number of nitro groups is 1. The van der Waals surface area contributed by atoms with Gasteiger partial charge in [-0.25, -0.2) is 0 Å². The first-order valence-electron chi connectivity index (χ1n) is 6.21. The highest BCUT2D eigenvalue weighted by molar-refractivity contribution is 9.10. The summed E-state index contributed by atoms with van der Waals surface area (Å²) in [6.07, 6.45) is 0. The van der Waals surface area contributed by atoms with Crippen LogP contribution in [0.1, 0.15) is 11.6 Å². The van der Waals surface area contributed by atoms with Gasteiger partial charge in [0.05, 0.1) is 15.4 Å². The van der Waals surface area contributed by atoms with E-state index in [2.05, 4.69) is 21.2 Å². The number of aromatic hydroxyl groups is 1. The Kier molecular flexibility index (Phi) is 3.42. The first-order chi connectivity index (χ1) is 10.0. The van der Waals surface area contributed by atoms with Crippen LogP contribution in [0.25, 0.3) is 0 Å². The van der Waals surface area contributed by atoms with Crippen LogP contribution in [0.4, 0.5) is 11.4 Å². The van der Waals surface area contributed by atoms with Crippen molar-refractivity contribution >= 4 is 27.3 Å². The lowest BCUT2D eigenvalue weighted by Crippen LogP contribution is -2.11. The fourth-order valence-corrected chi connectivity index (χ4v) is 2.79. The van der Waals surface area contributed by atoms with Crippen LogP contribution in [0.3, 0.4) is 0 Å². The number of hydrogen-bond donors (Lipinski definition) is 2. The molecule has 1 aliphatic heterocycles. The van der Waals surface area contributed by atoms with Gasteiger partial charge < -0.3 is 15.2 Å². The predicted octanol–water partition coefficient (Wildman–Crippen LogP) is 3.61. The number of nitrogens with one attached hydrogen (secondary N) is 1. The second-order valence-electron chi connectivity index (χ2n) is 4.65. The Morgan fingerprint density at radius 3 is 2.86 bits per heavy atom. The highest BCUT2D eigenvalue weighted by atomic mass is 79.9. The maximum absolute atomic E-state index is 10.8. The Balaban J connectivity index is 1.83. The summed E-state index contributed by atoms with van der Waals surface area (Å²) >= 11 is 3.19. The van der Waals surface area contributed by atoms with E-state index >= 15 is 0 Å². The SMILES string of the molecule is O=[N+]([O-])c1ccc(NC2COc3cc(O)ccc32)cc1Br. The van der Waals surface area contributed by atoms with Crippen molar-refractivity contribution in [2.24, 2.45) is 0 Å². The molecule has 0 amide bonds. The summed E-state index contributed by atoms with van der Waals surface area (Å²) < 4.78 is 5.93. The van der Waals surface area contributed by atoms with Gasteiger partial charge in [-0.2, -0.15) is 0 Å². The van der Waals surface area contributed by atoms with Crippen molar-refractivity contribution in [3.63, 3.8) is 0 Å². The van der Waals surface area contributed by atoms with Crippen molar-refractivity contribution < 1.29 is 14.8 Å². The largest absolute Gasteiger partial charge is 0.508 e. The summed E-state index contributed by atoms with van der Waals surface area (Å²) in [7, 11) is 0. The molecule has 21 heavy (non-hydrogen) atoms. The molecule has 1 heterocycles. The third kappa shape index (κ3) is 2.64. The van der Waals surface area contributed by atoms with E-state index in [-0.39, 0.29) is 17.5 Å². The van der Waals surface area contributed by atoms with Crippen LogP contribution in [0, 0.1) is 10.1 Å². The third-order valence-corrected chi connectivity index (χ3v) is 3.90. The minimum absolute atomic E-state index is 0.0218. The Morgan fingerprint density at radius 2 is 2.14 bits per heavy atom. The molecule has 0 aromatic heterocycles. The van der Waals surface area contributed by atoms with Gasteiger partial charge in [-0.05, 0) is 40.2 Å². The fraction of sp³-hybridized carbons (Fsp3) is 0.143. The van der Waals surface area contributed by atoms with Crippen LogP contribution >= 0.6 is 15.9 Å². The molecule has 6 nitrogen and oxygen atoms in total. The molecule has 0 saturated carbocycles. The summed E-state index contributed by atoms with van der Waals surface area (Å²) in [5, 5.41) is 23.5. The van der Waals surface area contributed by atoms with Gasteiger partial charge in [-0.3, -0.25) is 10.1 Å². The molecule has 0 aliphatic carbocycles. The Bertz CT molecular complexity index is 720. The minimum Gasteiger partial charge on any atom is -0.508 e. The lowest BCUT2D eigenvalue weighted by Gasteiger charge is -2.13. The molecule has 2 N–H and O–H groups in total. The lowest BCUT2D eigenvalue weighted by molar-refractivity contribution is -0.385. The summed E-state index contributed by atoms with van der Waals surface area (Å²) in [5.74, 6) is 0.806. The quantitative estimate of drug-likeness (QED) is 0.652. The molecule has 1 atom stereocenters. The summed E-state index contributed by atoms with van der Waals surface area (Å²) in [6.45, 7) is 0.438. The number of halogens is 1. The molecule has 0 radical (unpaired) electrons. The molecule has 1 aliphatic rings. The zero-order valence-electron chi connectivity index (χ0n) is 10.7. The van der Waals surface area contributed by atoms with Crippen LogP contribution in [0.5, 0.6) is 11.5 Å². The molecule has 2 aromatic carbocycles. The van der Waals surface area contributed by atoms with Gasteiger partial charge >= 0.3 is 0 Å². The van der Waals surface area contributed by atoms with Crippen molar-refractivity contribution in [1.82, 2.24) is 0 Å². The average Bonchev–Trinajstić information content (AvgIpc) is 2.80. The molecule has 0 bridgehead atoms. The molecule has 0 spiro atoms. The molecular weight excluding hydrogens is 340 g/mol. The molecule has 108 valence electrons. The third-order valence-electron chi connectivity index (χ3n) is 3.26. The number of benzene rings is 2. The van der Waals surface area contributed by atoms with Gasteiger partial charge in [0.2, 0.25) is 0 Å². The van der Waals surface area contributed by atoms with Crippen LogP contribution in [0.15, 0.2) is 40.9 Å². The van der Waals surface area contributed by atoms with E-state index < -0.39 is 4.92 Å². The van der Waals surface area contributed by atoms with E-state index in [0.717, 1.165) is 11.3 Å². The maximum atomic E-state index is 10.8. The van der Waals surface area contributed by atoms with Crippen LogP contribution in [-0.4, -0.2) is 16.6 Å². The number of rotatable bonds is 3. The molecular formula is C14H11BrN2O4. The second kappa shape index (κ2) is 5.25. The Hall–Kier alpha value is -2.28. The molecule has 0 fully saturated rings. The van der Waals surface area contributed by atoms with Gasteiger partial charge in [0.1, 0.15) is 18.1 Å². The number of phenolic OH excluding ortho intramolecular Hbond substituents is 1. The van der Waals surface area contributed by atoms with E-state index in [9.17, 15) is 15.2 Å². The van der Waals surface area contributed by atoms with Gasteiger partial charge in [-0.1, -0.05) is 0 Å². The minimum atomic E-state index is -0.440. The van der Waals surface area contributed by atoms with Crippen molar-refractivity contribution in [3.8, 4) is 11.5 Å². The van der Waals surface area contributed by atoms with E-state index in [1.807, 2.05) is 0 Å². The molecule has 2 aromatic rings. The lowest BCUT2D eigenvalue weighted by atomic mass is 10.1. The van der Waals surface area contributed by atoms with Gasteiger partial charge in [0.15, 0.2) is 0 Å². The van der Waals surface area contributed by atoms with Gasteiger partial charge in [-0.15, -0.1) is 0 Å². The van der Waals surface area contributed by atoms with Crippen LogP contribution in [0.2, 0.25) is 0 Å². The second-order valence-corrected chi connectivity index (χ2v) is 5.51. The Morgan fingerprint density at radius 1 is 1.33 bits per heavy atom. The highest BCUT2D eigenvalue weighted by Gasteiger charge is 2.24. The molecule has 7 heteroatoms. The average molecular weight is 351 g/mol. The zero-order chi connectivity index (χ0) is 15.0. The highest BCUT2D eigenvalue weighted by Crippen LogP contribution is 2.37. The van der Waals surface area contributed by atoms with Crippen molar-refractivity contribution in [1.29, 1.82) is 0 Å². The number of phenols is 1. The molecule has 0 saturated heterocycles. The maximum Gasteiger partial charge on any atom is 0.283 e. The van der Waals surface area contributed by atoms with Crippen molar-refractivity contribution in [2.45, 2.75) is 6.04 Å². The van der Waals surface area contributed by atoms with E-state index in [4.69, 9.17) is 4.74 Å². The van der Waals surface area contributed by atoms with E-state index in [1.165, 1.54) is 6.07 Å². The van der Waals surface area contributed by atoms with Crippen LogP contribution in [-0.2, 0) is 0 Å². The first kappa shape index (κ1) is 13.7.